The van der Waals surface area contributed by atoms with E-state index in [0.717, 1.165) is 17.5 Å². The number of hydrogen-bond donors (Lipinski definition) is 2. The number of benzene rings is 2. The summed E-state index contributed by atoms with van der Waals surface area (Å²) in [4.78, 5) is 36.0. The number of nitrogens with one attached hydrogen (secondary N) is 2. The Bertz CT molecular complexity index is 886. The lowest BCUT2D eigenvalue weighted by atomic mass is 10.1. The lowest BCUT2D eigenvalue weighted by Crippen LogP contribution is -2.29. The van der Waals surface area contributed by atoms with Gasteiger partial charge in [0.2, 0.25) is 5.91 Å². The first-order valence-corrected chi connectivity index (χ1v) is 9.04. The van der Waals surface area contributed by atoms with Gasteiger partial charge in [0.1, 0.15) is 5.70 Å². The summed E-state index contributed by atoms with van der Waals surface area (Å²) in [6.07, 6.45) is 2.38. The minimum absolute atomic E-state index is 0.133. The molecule has 28 heavy (non-hydrogen) atoms. The van der Waals surface area contributed by atoms with E-state index < -0.39 is 11.9 Å². The van der Waals surface area contributed by atoms with E-state index in [1.165, 1.54) is 6.92 Å². The molecule has 0 saturated heterocycles. The molecular formula is C22H24N2O4. The van der Waals surface area contributed by atoms with Gasteiger partial charge in [-0.3, -0.25) is 9.59 Å². The Hall–Kier alpha value is -3.41. The number of hydrogen-bond acceptors (Lipinski definition) is 4. The van der Waals surface area contributed by atoms with Crippen molar-refractivity contribution in [3.05, 3.63) is 70.9 Å². The molecule has 0 aliphatic carbocycles. The zero-order valence-electron chi connectivity index (χ0n) is 16.2. The molecule has 2 aromatic rings. The second-order valence-corrected chi connectivity index (χ2v) is 6.26. The highest BCUT2D eigenvalue weighted by molar-refractivity contribution is 6.08. The van der Waals surface area contributed by atoms with E-state index in [0.29, 0.717) is 17.9 Å². The maximum Gasteiger partial charge on any atom is 0.338 e. The third kappa shape index (κ3) is 6.09. The van der Waals surface area contributed by atoms with Crippen molar-refractivity contribution in [1.29, 1.82) is 0 Å². The van der Waals surface area contributed by atoms with Crippen molar-refractivity contribution in [2.24, 2.45) is 0 Å². The van der Waals surface area contributed by atoms with Crippen LogP contribution >= 0.6 is 0 Å². The Morgan fingerprint density at radius 2 is 1.71 bits per heavy atom. The van der Waals surface area contributed by atoms with E-state index in [-0.39, 0.29) is 11.6 Å². The summed E-state index contributed by atoms with van der Waals surface area (Å²) >= 11 is 0. The lowest BCUT2D eigenvalue weighted by Gasteiger charge is -2.11. The van der Waals surface area contributed by atoms with E-state index in [1.54, 1.807) is 30.3 Å². The van der Waals surface area contributed by atoms with Crippen LogP contribution in [0.3, 0.4) is 0 Å². The molecule has 2 amide bonds. The molecule has 0 radical (unpaired) electrons. The largest absolute Gasteiger partial charge is 0.462 e. The average molecular weight is 380 g/mol. The van der Waals surface area contributed by atoms with Crippen molar-refractivity contribution in [2.75, 3.05) is 11.9 Å². The second kappa shape index (κ2) is 10.1. The lowest BCUT2D eigenvalue weighted by molar-refractivity contribution is -0.120. The SMILES string of the molecule is CCCOC(=O)c1ccc(NC(=O)/C(=C/c2ccccc2C)NC(C)=O)cc1. The highest BCUT2D eigenvalue weighted by atomic mass is 16.5. The van der Waals surface area contributed by atoms with Gasteiger partial charge in [-0.15, -0.1) is 0 Å². The summed E-state index contributed by atoms with van der Waals surface area (Å²) < 4.78 is 5.07. The molecule has 0 unspecified atom stereocenters. The zero-order chi connectivity index (χ0) is 20.5. The van der Waals surface area contributed by atoms with Gasteiger partial charge in [0.25, 0.3) is 5.91 Å². The van der Waals surface area contributed by atoms with E-state index >= 15 is 0 Å². The number of amides is 2. The van der Waals surface area contributed by atoms with Crippen molar-refractivity contribution in [2.45, 2.75) is 27.2 Å². The van der Waals surface area contributed by atoms with Crippen LogP contribution in [0.5, 0.6) is 0 Å². The minimum atomic E-state index is -0.459. The summed E-state index contributed by atoms with van der Waals surface area (Å²) in [5.41, 5.74) is 2.85. The molecule has 0 aliphatic rings. The molecule has 0 atom stereocenters. The third-order valence-electron chi connectivity index (χ3n) is 3.86. The van der Waals surface area contributed by atoms with E-state index in [4.69, 9.17) is 4.74 Å². The highest BCUT2D eigenvalue weighted by Crippen LogP contribution is 2.14. The van der Waals surface area contributed by atoms with Gasteiger partial charge in [-0.05, 0) is 54.8 Å². The van der Waals surface area contributed by atoms with Gasteiger partial charge in [0.05, 0.1) is 12.2 Å². The monoisotopic (exact) mass is 380 g/mol. The molecule has 0 spiro atoms. The van der Waals surface area contributed by atoms with Crippen LogP contribution < -0.4 is 10.6 Å². The predicted molar refractivity (Wildman–Crippen MR) is 109 cm³/mol. The van der Waals surface area contributed by atoms with Crippen LogP contribution in [0.15, 0.2) is 54.2 Å². The number of rotatable bonds is 7. The van der Waals surface area contributed by atoms with Crippen molar-refractivity contribution in [3.8, 4) is 0 Å². The van der Waals surface area contributed by atoms with Crippen LogP contribution in [0.1, 0.15) is 41.8 Å². The van der Waals surface area contributed by atoms with Gasteiger partial charge < -0.3 is 15.4 Å². The Kier molecular flexibility index (Phi) is 7.51. The molecule has 0 aliphatic heterocycles. The summed E-state index contributed by atoms with van der Waals surface area (Å²) in [5.74, 6) is -1.21. The molecule has 6 heteroatoms. The third-order valence-corrected chi connectivity index (χ3v) is 3.86. The van der Waals surface area contributed by atoms with Gasteiger partial charge in [0.15, 0.2) is 0 Å². The van der Waals surface area contributed by atoms with Crippen molar-refractivity contribution in [1.82, 2.24) is 5.32 Å². The number of esters is 1. The highest BCUT2D eigenvalue weighted by Gasteiger charge is 2.13. The quantitative estimate of drug-likeness (QED) is 0.567. The Morgan fingerprint density at radius 1 is 1.04 bits per heavy atom. The van der Waals surface area contributed by atoms with Crippen LogP contribution in [0.25, 0.3) is 6.08 Å². The van der Waals surface area contributed by atoms with Gasteiger partial charge in [0, 0.05) is 12.6 Å². The number of ether oxygens (including phenoxy) is 1. The first-order valence-electron chi connectivity index (χ1n) is 9.04. The van der Waals surface area contributed by atoms with E-state index in [2.05, 4.69) is 10.6 Å². The fourth-order valence-electron chi connectivity index (χ4n) is 2.42. The normalized spacial score (nSPS) is 10.9. The number of aryl methyl sites for hydroxylation is 1. The summed E-state index contributed by atoms with van der Waals surface area (Å²) in [7, 11) is 0. The number of carbonyl (C=O) groups is 3. The maximum atomic E-state index is 12.6. The molecule has 2 aromatic carbocycles. The van der Waals surface area contributed by atoms with E-state index in [9.17, 15) is 14.4 Å². The van der Waals surface area contributed by atoms with Crippen LogP contribution in [0, 0.1) is 6.92 Å². The molecule has 0 heterocycles. The average Bonchev–Trinajstić information content (AvgIpc) is 2.67. The first-order chi connectivity index (χ1) is 13.4. The second-order valence-electron chi connectivity index (χ2n) is 6.26. The maximum absolute atomic E-state index is 12.6. The van der Waals surface area contributed by atoms with Gasteiger partial charge in [-0.25, -0.2) is 4.79 Å². The summed E-state index contributed by atoms with van der Waals surface area (Å²) in [5, 5.41) is 5.29. The van der Waals surface area contributed by atoms with Gasteiger partial charge >= 0.3 is 5.97 Å². The Labute approximate surface area is 164 Å². The molecule has 0 bridgehead atoms. The molecule has 6 nitrogen and oxygen atoms in total. The van der Waals surface area contributed by atoms with Crippen molar-refractivity contribution in [3.63, 3.8) is 0 Å². The van der Waals surface area contributed by atoms with Crippen LogP contribution in [0.4, 0.5) is 5.69 Å². The zero-order valence-corrected chi connectivity index (χ0v) is 16.2. The van der Waals surface area contributed by atoms with Gasteiger partial charge in [-0.2, -0.15) is 0 Å². The number of anilines is 1. The van der Waals surface area contributed by atoms with E-state index in [1.807, 2.05) is 38.1 Å². The minimum Gasteiger partial charge on any atom is -0.462 e. The molecule has 0 aromatic heterocycles. The predicted octanol–water partition coefficient (Wildman–Crippen LogP) is 3.68. The van der Waals surface area contributed by atoms with Crippen molar-refractivity contribution >= 4 is 29.5 Å². The molecular weight excluding hydrogens is 356 g/mol. The van der Waals surface area contributed by atoms with Crippen molar-refractivity contribution < 1.29 is 19.1 Å². The fraction of sp³-hybridized carbons (Fsp3) is 0.227. The van der Waals surface area contributed by atoms with Crippen LogP contribution in [-0.2, 0) is 14.3 Å². The fourth-order valence-corrected chi connectivity index (χ4v) is 2.42. The molecule has 2 N–H and O–H groups in total. The molecule has 146 valence electrons. The Balaban J connectivity index is 2.16. The standard InChI is InChI=1S/C22H24N2O4/c1-4-13-28-22(27)17-9-11-19(12-10-17)24-21(26)20(23-16(3)25)14-18-8-6-5-7-15(18)2/h5-12,14H,4,13H2,1-3H3,(H,23,25)(H,24,26)/b20-14-. The van der Waals surface area contributed by atoms with Crippen LogP contribution in [0.2, 0.25) is 0 Å². The summed E-state index contributed by atoms with van der Waals surface area (Å²) in [6.45, 7) is 5.55. The Morgan fingerprint density at radius 3 is 2.32 bits per heavy atom. The first kappa shape index (κ1) is 20.9. The van der Waals surface area contributed by atoms with Crippen LogP contribution in [-0.4, -0.2) is 24.4 Å². The topological polar surface area (TPSA) is 84.5 Å². The van der Waals surface area contributed by atoms with Gasteiger partial charge in [-0.1, -0.05) is 31.2 Å². The summed E-state index contributed by atoms with van der Waals surface area (Å²) in [6, 6.07) is 13.9. The molecule has 2 rings (SSSR count). The molecule has 0 saturated carbocycles. The number of carbonyl (C=O) groups excluding carboxylic acids is 3. The smallest absolute Gasteiger partial charge is 0.338 e. The molecule has 0 fully saturated rings.